The number of rotatable bonds is 8. The van der Waals surface area contributed by atoms with Gasteiger partial charge in [-0.3, -0.25) is 0 Å². The first-order valence-electron chi connectivity index (χ1n) is 6.97. The molecule has 3 nitrogen and oxygen atoms in total. The number of allylic oxidation sites excluding steroid dienone is 1. The van der Waals surface area contributed by atoms with Gasteiger partial charge in [-0.05, 0) is 44.9 Å². The lowest BCUT2D eigenvalue weighted by Crippen LogP contribution is -2.41. The average Bonchev–Trinajstić information content (AvgIpc) is 2.35. The van der Waals surface area contributed by atoms with Gasteiger partial charge in [-0.15, -0.1) is 0 Å². The molecule has 0 heterocycles. The Labute approximate surface area is 128 Å². The molecule has 0 fully saturated rings. The van der Waals surface area contributed by atoms with Crippen molar-refractivity contribution in [1.82, 2.24) is 5.32 Å². The van der Waals surface area contributed by atoms with Gasteiger partial charge in [0.15, 0.2) is 0 Å². The molecular formula is C16H28ClNO2. The van der Waals surface area contributed by atoms with Crippen molar-refractivity contribution in [2.75, 3.05) is 6.54 Å². The van der Waals surface area contributed by atoms with Crippen LogP contribution in [0.5, 0.6) is 0 Å². The van der Waals surface area contributed by atoms with Gasteiger partial charge in [-0.1, -0.05) is 32.0 Å². The molecule has 0 aliphatic rings. The molecule has 0 aromatic rings. The van der Waals surface area contributed by atoms with Crippen LogP contribution < -0.4 is 5.32 Å². The first-order chi connectivity index (χ1) is 9.04. The minimum Gasteiger partial charge on any atom is -0.513 e. The Hall–Kier alpha value is -0.770. The molecule has 20 heavy (non-hydrogen) atoms. The topological polar surface area (TPSA) is 52.5 Å². The minimum absolute atomic E-state index is 0.294. The van der Waals surface area contributed by atoms with Gasteiger partial charge in [-0.2, -0.15) is 0 Å². The molecular weight excluding hydrogens is 274 g/mol. The van der Waals surface area contributed by atoms with Crippen LogP contribution in [0.15, 0.2) is 35.1 Å². The lowest BCUT2D eigenvalue weighted by molar-refractivity contribution is 0.128. The van der Waals surface area contributed by atoms with E-state index in [1.54, 1.807) is 19.9 Å². The molecule has 1 atom stereocenters. The quantitative estimate of drug-likeness (QED) is 0.468. The standard InChI is InChI=1S/C16H28ClNO2/c1-7-13(19)10-16(6,8-2)18-11-12(3)9-14(17)15(4,5)20/h9-10,18-20H,3,7-8,11H2,1-2,4-6H3/b13-10+,14-9+. The second kappa shape index (κ2) is 7.87. The second-order valence-electron chi connectivity index (χ2n) is 5.82. The van der Waals surface area contributed by atoms with Crippen molar-refractivity contribution in [2.45, 2.75) is 58.6 Å². The molecule has 0 aliphatic carbocycles. The Morgan fingerprint density at radius 2 is 1.85 bits per heavy atom. The van der Waals surface area contributed by atoms with Gasteiger partial charge in [0.2, 0.25) is 0 Å². The third kappa shape index (κ3) is 7.13. The number of halogens is 1. The summed E-state index contributed by atoms with van der Waals surface area (Å²) in [7, 11) is 0. The van der Waals surface area contributed by atoms with Crippen LogP contribution in [-0.4, -0.2) is 27.9 Å². The zero-order valence-electron chi connectivity index (χ0n) is 13.3. The number of aliphatic hydroxyl groups is 2. The summed E-state index contributed by atoms with van der Waals surface area (Å²) < 4.78 is 0. The lowest BCUT2D eigenvalue weighted by atomic mass is 9.96. The summed E-state index contributed by atoms with van der Waals surface area (Å²) in [6.07, 6.45) is 4.96. The third-order valence-electron chi connectivity index (χ3n) is 3.22. The van der Waals surface area contributed by atoms with E-state index >= 15 is 0 Å². The van der Waals surface area contributed by atoms with Crippen molar-refractivity contribution in [2.24, 2.45) is 0 Å². The molecule has 0 aromatic carbocycles. The Bertz CT molecular complexity index is 394. The number of aliphatic hydroxyl groups excluding tert-OH is 1. The van der Waals surface area contributed by atoms with E-state index in [-0.39, 0.29) is 5.54 Å². The molecule has 0 aromatic heterocycles. The normalized spacial score (nSPS) is 16.9. The van der Waals surface area contributed by atoms with E-state index in [9.17, 15) is 10.2 Å². The number of hydrogen-bond donors (Lipinski definition) is 3. The Balaban J connectivity index is 4.72. The molecule has 0 amide bonds. The van der Waals surface area contributed by atoms with Gasteiger partial charge >= 0.3 is 0 Å². The van der Waals surface area contributed by atoms with Crippen LogP contribution in [-0.2, 0) is 0 Å². The number of nitrogens with one attached hydrogen (secondary N) is 1. The first-order valence-corrected chi connectivity index (χ1v) is 7.35. The largest absolute Gasteiger partial charge is 0.513 e. The lowest BCUT2D eigenvalue weighted by Gasteiger charge is -2.27. The van der Waals surface area contributed by atoms with Crippen molar-refractivity contribution in [1.29, 1.82) is 0 Å². The SMILES string of the molecule is C=C(/C=C(/Cl)C(C)(C)O)CNC(C)(/C=C(/O)CC)CC. The predicted molar refractivity (Wildman–Crippen MR) is 87.1 cm³/mol. The highest BCUT2D eigenvalue weighted by Crippen LogP contribution is 2.21. The second-order valence-corrected chi connectivity index (χ2v) is 6.23. The molecule has 0 aliphatic heterocycles. The molecule has 116 valence electrons. The van der Waals surface area contributed by atoms with E-state index < -0.39 is 5.60 Å². The Morgan fingerprint density at radius 3 is 2.25 bits per heavy atom. The van der Waals surface area contributed by atoms with Crippen molar-refractivity contribution < 1.29 is 10.2 Å². The van der Waals surface area contributed by atoms with E-state index in [0.29, 0.717) is 23.8 Å². The van der Waals surface area contributed by atoms with Crippen LogP contribution >= 0.6 is 11.6 Å². The maximum atomic E-state index is 9.76. The average molecular weight is 302 g/mol. The highest BCUT2D eigenvalue weighted by molar-refractivity contribution is 6.30. The monoisotopic (exact) mass is 301 g/mol. The summed E-state index contributed by atoms with van der Waals surface area (Å²) in [5, 5.41) is 23.1. The van der Waals surface area contributed by atoms with Gasteiger partial charge in [-0.25, -0.2) is 0 Å². The maximum Gasteiger partial charge on any atom is 0.0945 e. The third-order valence-corrected chi connectivity index (χ3v) is 3.79. The zero-order valence-corrected chi connectivity index (χ0v) is 14.0. The highest BCUT2D eigenvalue weighted by atomic mass is 35.5. The van der Waals surface area contributed by atoms with Gasteiger partial charge in [0, 0.05) is 23.5 Å². The summed E-state index contributed by atoms with van der Waals surface area (Å²) in [6, 6.07) is 0. The van der Waals surface area contributed by atoms with Crippen molar-refractivity contribution in [3.05, 3.63) is 35.1 Å². The van der Waals surface area contributed by atoms with E-state index in [2.05, 4.69) is 18.8 Å². The van der Waals surface area contributed by atoms with Gasteiger partial charge in [0.25, 0.3) is 0 Å². The minimum atomic E-state index is -1.06. The molecule has 4 heteroatoms. The molecule has 0 bridgehead atoms. The maximum absolute atomic E-state index is 9.76. The van der Waals surface area contributed by atoms with Crippen molar-refractivity contribution in [3.8, 4) is 0 Å². The molecule has 1 unspecified atom stereocenters. The summed E-state index contributed by atoms with van der Waals surface area (Å²) >= 11 is 6.01. The van der Waals surface area contributed by atoms with Crippen LogP contribution in [0.2, 0.25) is 0 Å². The Morgan fingerprint density at radius 1 is 1.30 bits per heavy atom. The molecule has 0 saturated carbocycles. The van der Waals surface area contributed by atoms with Crippen LogP contribution in [0.1, 0.15) is 47.5 Å². The smallest absolute Gasteiger partial charge is 0.0945 e. The van der Waals surface area contributed by atoms with Crippen LogP contribution in [0, 0.1) is 0 Å². The summed E-state index contributed by atoms with van der Waals surface area (Å²) in [5.74, 6) is 0.373. The van der Waals surface area contributed by atoms with E-state index in [1.807, 2.05) is 19.9 Å². The zero-order chi connectivity index (χ0) is 16.0. The molecule has 3 N–H and O–H groups in total. The molecule has 0 spiro atoms. The van der Waals surface area contributed by atoms with E-state index in [4.69, 9.17) is 11.6 Å². The molecule has 0 saturated heterocycles. The molecule has 0 radical (unpaired) electrons. The molecule has 0 rings (SSSR count). The fourth-order valence-corrected chi connectivity index (χ4v) is 1.62. The van der Waals surface area contributed by atoms with Gasteiger partial charge < -0.3 is 15.5 Å². The first kappa shape index (κ1) is 19.2. The van der Waals surface area contributed by atoms with E-state index in [0.717, 1.165) is 12.0 Å². The fraction of sp³-hybridized carbons (Fsp3) is 0.625. The number of hydrogen-bond acceptors (Lipinski definition) is 3. The Kier molecular flexibility index (Phi) is 7.56. The highest BCUT2D eigenvalue weighted by Gasteiger charge is 2.20. The van der Waals surface area contributed by atoms with Crippen LogP contribution in [0.3, 0.4) is 0 Å². The predicted octanol–water partition coefficient (Wildman–Crippen LogP) is 4.05. The fourth-order valence-electron chi connectivity index (χ4n) is 1.47. The van der Waals surface area contributed by atoms with E-state index in [1.165, 1.54) is 0 Å². The summed E-state index contributed by atoms with van der Waals surface area (Å²) in [4.78, 5) is 0. The summed E-state index contributed by atoms with van der Waals surface area (Å²) in [5.41, 5.74) is -0.571. The summed E-state index contributed by atoms with van der Waals surface area (Å²) in [6.45, 7) is 13.7. The van der Waals surface area contributed by atoms with Gasteiger partial charge in [0.05, 0.1) is 11.4 Å². The van der Waals surface area contributed by atoms with Crippen molar-refractivity contribution >= 4 is 11.6 Å². The van der Waals surface area contributed by atoms with Crippen molar-refractivity contribution in [3.63, 3.8) is 0 Å². The van der Waals surface area contributed by atoms with Crippen LogP contribution in [0.25, 0.3) is 0 Å². The van der Waals surface area contributed by atoms with Crippen LogP contribution in [0.4, 0.5) is 0 Å². The van der Waals surface area contributed by atoms with Gasteiger partial charge in [0.1, 0.15) is 0 Å².